The number of aryl methyl sites for hydroxylation is 1. The number of unbranched alkanes of at least 4 members (excludes halogenated alkanes) is 7. The third-order valence-electron chi connectivity index (χ3n) is 4.44. The number of hydrogen-bond acceptors (Lipinski definition) is 0. The van der Waals surface area contributed by atoms with E-state index in [4.69, 9.17) is 0 Å². The van der Waals surface area contributed by atoms with Crippen LogP contribution in [0.2, 0.25) is 0 Å². The summed E-state index contributed by atoms with van der Waals surface area (Å²) < 4.78 is 4.55. The number of aromatic nitrogens is 2. The third kappa shape index (κ3) is 9.50. The largest absolute Gasteiger partial charge is 1.00 e. The number of benzene rings is 1. The summed E-state index contributed by atoms with van der Waals surface area (Å²) >= 11 is 0. The average molecular weight is 361 g/mol. The van der Waals surface area contributed by atoms with Gasteiger partial charge in [-0.1, -0.05) is 81.9 Å². The second-order valence-corrected chi connectivity index (χ2v) is 6.64. The molecule has 0 N–H and O–H groups in total. The first kappa shape index (κ1) is 21.5. The van der Waals surface area contributed by atoms with Crippen LogP contribution >= 0.6 is 0 Å². The van der Waals surface area contributed by atoms with Gasteiger partial charge in [0.1, 0.15) is 18.9 Å². The molecule has 2 aromatic rings. The predicted octanol–water partition coefficient (Wildman–Crippen LogP) is 2.63. The van der Waals surface area contributed by atoms with Crippen LogP contribution in [0, 0.1) is 0 Å². The Morgan fingerprint density at radius 1 is 0.920 bits per heavy atom. The molecule has 2 nitrogen and oxygen atoms in total. The van der Waals surface area contributed by atoms with Crippen LogP contribution in [0.3, 0.4) is 0 Å². The molecule has 0 aliphatic carbocycles. The molecule has 0 aliphatic rings. The minimum absolute atomic E-state index is 0. The van der Waals surface area contributed by atoms with Crippen molar-refractivity contribution in [2.75, 3.05) is 0 Å². The lowest BCUT2D eigenvalue weighted by molar-refractivity contribution is -0.686. The Hall–Kier alpha value is -1.54. The number of allylic oxidation sites excluding steroid dienone is 1. The monoisotopic (exact) mass is 360 g/mol. The number of rotatable bonds is 12. The topological polar surface area (TPSA) is 8.81 Å². The maximum Gasteiger partial charge on any atom is 0.244 e. The Labute approximate surface area is 160 Å². The second kappa shape index (κ2) is 13.7. The Balaban J connectivity index is 0.00000312. The lowest BCUT2D eigenvalue weighted by Crippen LogP contribution is -3.00. The molecule has 0 unspecified atom stereocenters. The Morgan fingerprint density at radius 3 is 2.32 bits per heavy atom. The van der Waals surface area contributed by atoms with E-state index in [0.29, 0.717) is 0 Å². The summed E-state index contributed by atoms with van der Waals surface area (Å²) in [5.74, 6) is 0. The SMILES string of the molecule is CCCCCCCCCCn1cc[n+](CC=Cc2ccccc2)c1.[Cl-]. The normalized spacial score (nSPS) is 10.9. The van der Waals surface area contributed by atoms with Gasteiger partial charge in [-0.2, -0.15) is 0 Å². The lowest BCUT2D eigenvalue weighted by Gasteiger charge is -2.00. The predicted molar refractivity (Wildman–Crippen MR) is 103 cm³/mol. The number of imidazole rings is 1. The van der Waals surface area contributed by atoms with E-state index < -0.39 is 0 Å². The highest BCUT2D eigenvalue weighted by Gasteiger charge is 2.01. The third-order valence-corrected chi connectivity index (χ3v) is 4.44. The maximum absolute atomic E-state index is 2.31. The van der Waals surface area contributed by atoms with Gasteiger partial charge in [0.2, 0.25) is 6.33 Å². The van der Waals surface area contributed by atoms with Crippen molar-refractivity contribution in [3.63, 3.8) is 0 Å². The molecule has 0 radical (unpaired) electrons. The highest BCUT2D eigenvalue weighted by Crippen LogP contribution is 2.09. The molecule has 2 rings (SSSR count). The van der Waals surface area contributed by atoms with Gasteiger partial charge in [0.15, 0.2) is 0 Å². The first-order chi connectivity index (χ1) is 11.9. The van der Waals surface area contributed by atoms with Crippen LogP contribution in [0.5, 0.6) is 0 Å². The maximum atomic E-state index is 2.31. The summed E-state index contributed by atoms with van der Waals surface area (Å²) in [6.07, 6.45) is 22.0. The standard InChI is InChI=1S/C22H33N2.ClH/c1-2-3-4-5-6-7-8-12-17-23-19-20-24(21-23)18-13-16-22-14-10-9-11-15-22;/h9-11,13-16,19-21H,2-8,12,17-18H2,1H3;1H/q+1;/p-1. The van der Waals surface area contributed by atoms with Crippen LogP contribution in [0.25, 0.3) is 6.08 Å². The van der Waals surface area contributed by atoms with Crippen molar-refractivity contribution >= 4 is 6.08 Å². The summed E-state index contributed by atoms with van der Waals surface area (Å²) in [6, 6.07) is 10.5. The van der Waals surface area contributed by atoms with Crippen LogP contribution in [0.1, 0.15) is 63.9 Å². The zero-order valence-electron chi connectivity index (χ0n) is 15.6. The fourth-order valence-electron chi connectivity index (χ4n) is 2.98. The minimum Gasteiger partial charge on any atom is -1.00 e. The van der Waals surface area contributed by atoms with Gasteiger partial charge in [0.25, 0.3) is 0 Å². The summed E-state index contributed by atoms with van der Waals surface area (Å²) in [5, 5.41) is 0. The molecule has 0 bridgehead atoms. The second-order valence-electron chi connectivity index (χ2n) is 6.64. The molecule has 0 saturated heterocycles. The van der Waals surface area contributed by atoms with Gasteiger partial charge in [-0.15, -0.1) is 0 Å². The Kier molecular flexibility index (Phi) is 11.8. The number of nitrogens with zero attached hydrogens (tertiary/aromatic N) is 2. The van der Waals surface area contributed by atoms with Gasteiger partial charge in [0.05, 0.1) is 6.54 Å². The molecule has 1 aromatic carbocycles. The molecule has 0 atom stereocenters. The molecule has 3 heteroatoms. The van der Waals surface area contributed by atoms with E-state index in [-0.39, 0.29) is 12.4 Å². The Bertz CT molecular complexity index is 575. The van der Waals surface area contributed by atoms with Crippen molar-refractivity contribution in [2.45, 2.75) is 71.4 Å². The van der Waals surface area contributed by atoms with E-state index >= 15 is 0 Å². The molecule has 1 heterocycles. The van der Waals surface area contributed by atoms with Gasteiger partial charge in [0, 0.05) is 0 Å². The molecule has 138 valence electrons. The van der Waals surface area contributed by atoms with E-state index in [0.717, 1.165) is 13.1 Å². The van der Waals surface area contributed by atoms with Gasteiger partial charge in [-0.3, -0.25) is 0 Å². The van der Waals surface area contributed by atoms with Crippen molar-refractivity contribution in [1.82, 2.24) is 4.57 Å². The molecule has 0 spiro atoms. The van der Waals surface area contributed by atoms with Crippen molar-refractivity contribution in [3.05, 3.63) is 60.7 Å². The van der Waals surface area contributed by atoms with E-state index in [2.05, 4.69) is 77.3 Å². The van der Waals surface area contributed by atoms with E-state index in [9.17, 15) is 0 Å². The fourth-order valence-corrected chi connectivity index (χ4v) is 2.98. The zero-order chi connectivity index (χ0) is 16.9. The van der Waals surface area contributed by atoms with Crippen LogP contribution < -0.4 is 17.0 Å². The molecular formula is C22H33ClN2. The molecule has 0 amide bonds. The smallest absolute Gasteiger partial charge is 0.244 e. The van der Waals surface area contributed by atoms with Crippen LogP contribution in [0.15, 0.2) is 55.1 Å². The van der Waals surface area contributed by atoms with Crippen molar-refractivity contribution in [3.8, 4) is 0 Å². The molecule has 0 fully saturated rings. The van der Waals surface area contributed by atoms with Crippen molar-refractivity contribution < 1.29 is 17.0 Å². The van der Waals surface area contributed by atoms with Crippen LogP contribution in [-0.2, 0) is 13.1 Å². The number of halogens is 1. The summed E-state index contributed by atoms with van der Waals surface area (Å²) in [5.41, 5.74) is 1.26. The van der Waals surface area contributed by atoms with E-state index in [1.165, 1.54) is 56.9 Å². The van der Waals surface area contributed by atoms with E-state index in [1.54, 1.807) is 0 Å². The summed E-state index contributed by atoms with van der Waals surface area (Å²) in [6.45, 7) is 4.35. The van der Waals surface area contributed by atoms with E-state index in [1.807, 2.05) is 0 Å². The minimum atomic E-state index is 0. The van der Waals surface area contributed by atoms with Crippen molar-refractivity contribution in [2.24, 2.45) is 0 Å². The highest BCUT2D eigenvalue weighted by molar-refractivity contribution is 5.48. The highest BCUT2D eigenvalue weighted by atomic mass is 35.5. The van der Waals surface area contributed by atoms with Crippen LogP contribution in [0.4, 0.5) is 0 Å². The fraction of sp³-hybridized carbons (Fsp3) is 0.500. The molecule has 0 aliphatic heterocycles. The van der Waals surface area contributed by atoms with Gasteiger partial charge < -0.3 is 12.4 Å². The van der Waals surface area contributed by atoms with Crippen molar-refractivity contribution in [1.29, 1.82) is 0 Å². The summed E-state index contributed by atoms with van der Waals surface area (Å²) in [4.78, 5) is 0. The molecule has 25 heavy (non-hydrogen) atoms. The van der Waals surface area contributed by atoms with Crippen LogP contribution in [-0.4, -0.2) is 4.57 Å². The summed E-state index contributed by atoms with van der Waals surface area (Å²) in [7, 11) is 0. The molecular weight excluding hydrogens is 328 g/mol. The van der Waals surface area contributed by atoms with Gasteiger partial charge >= 0.3 is 0 Å². The van der Waals surface area contributed by atoms with Gasteiger partial charge in [-0.05, 0) is 24.5 Å². The quantitative estimate of drug-likeness (QED) is 0.406. The zero-order valence-corrected chi connectivity index (χ0v) is 16.4. The number of hydrogen-bond donors (Lipinski definition) is 0. The van der Waals surface area contributed by atoms with Gasteiger partial charge in [-0.25, -0.2) is 9.13 Å². The first-order valence-electron chi connectivity index (χ1n) is 9.65. The Morgan fingerprint density at radius 2 is 1.60 bits per heavy atom. The molecule has 1 aromatic heterocycles. The average Bonchev–Trinajstić information content (AvgIpc) is 3.06. The molecule has 0 saturated carbocycles. The first-order valence-corrected chi connectivity index (χ1v) is 9.65. The lowest BCUT2D eigenvalue weighted by atomic mass is 10.1.